The van der Waals surface area contributed by atoms with Gasteiger partial charge in [0.2, 0.25) is 5.91 Å². The Morgan fingerprint density at radius 1 is 1.38 bits per heavy atom. The molecule has 1 aromatic rings. The standard InChI is InChI=1S/C17H22N2O5/c1-4-14(20)12-5-6-15-13(9-12)19(17(22)11(2)24-15)10-16(21)18-7-8-23-3/h5-6,9,11H,4,7-8,10H2,1-3H3,(H,18,21). The summed E-state index contributed by atoms with van der Waals surface area (Å²) in [6.45, 7) is 4.03. The number of benzene rings is 1. The lowest BCUT2D eigenvalue weighted by Crippen LogP contribution is -2.49. The van der Waals surface area contributed by atoms with Crippen molar-refractivity contribution in [3.63, 3.8) is 0 Å². The van der Waals surface area contributed by atoms with E-state index in [2.05, 4.69) is 5.32 Å². The number of fused-ring (bicyclic) bond motifs is 1. The lowest BCUT2D eigenvalue weighted by molar-refractivity contribution is -0.128. The van der Waals surface area contributed by atoms with Crippen LogP contribution < -0.4 is 15.0 Å². The molecule has 0 fully saturated rings. The molecule has 0 aliphatic carbocycles. The average molecular weight is 334 g/mol. The molecule has 1 aliphatic heterocycles. The van der Waals surface area contributed by atoms with Crippen molar-refractivity contribution in [3.05, 3.63) is 23.8 Å². The molecule has 2 rings (SSSR count). The molecule has 1 unspecified atom stereocenters. The van der Waals surface area contributed by atoms with Gasteiger partial charge >= 0.3 is 0 Å². The van der Waals surface area contributed by atoms with Gasteiger partial charge in [-0.2, -0.15) is 0 Å². The Balaban J connectivity index is 2.25. The van der Waals surface area contributed by atoms with Crippen LogP contribution in [0.5, 0.6) is 5.75 Å². The third-order valence-corrected chi connectivity index (χ3v) is 3.74. The number of hydrogen-bond acceptors (Lipinski definition) is 5. The molecule has 7 nitrogen and oxygen atoms in total. The first-order valence-corrected chi connectivity index (χ1v) is 7.88. The molecule has 1 aliphatic rings. The zero-order valence-electron chi connectivity index (χ0n) is 14.1. The first-order valence-electron chi connectivity index (χ1n) is 7.88. The van der Waals surface area contributed by atoms with Crippen molar-refractivity contribution < 1.29 is 23.9 Å². The van der Waals surface area contributed by atoms with Crippen LogP contribution in [0, 0.1) is 0 Å². The molecule has 1 atom stereocenters. The Labute approximate surface area is 140 Å². The van der Waals surface area contributed by atoms with Crippen LogP contribution in [-0.4, -0.2) is 50.5 Å². The fraction of sp³-hybridized carbons (Fsp3) is 0.471. The molecular formula is C17H22N2O5. The summed E-state index contributed by atoms with van der Waals surface area (Å²) >= 11 is 0. The van der Waals surface area contributed by atoms with Gasteiger partial charge in [-0.1, -0.05) is 6.92 Å². The van der Waals surface area contributed by atoms with Gasteiger partial charge in [0.15, 0.2) is 11.9 Å². The summed E-state index contributed by atoms with van der Waals surface area (Å²) in [7, 11) is 1.54. The number of carbonyl (C=O) groups is 3. The predicted octanol–water partition coefficient (Wildman–Crippen LogP) is 1.16. The van der Waals surface area contributed by atoms with Crippen LogP contribution >= 0.6 is 0 Å². The quantitative estimate of drug-likeness (QED) is 0.597. The molecule has 130 valence electrons. The largest absolute Gasteiger partial charge is 0.479 e. The van der Waals surface area contributed by atoms with Crippen molar-refractivity contribution in [2.24, 2.45) is 0 Å². The van der Waals surface area contributed by atoms with E-state index in [1.165, 1.54) is 4.90 Å². The average Bonchev–Trinajstić information content (AvgIpc) is 2.58. The van der Waals surface area contributed by atoms with E-state index >= 15 is 0 Å². The van der Waals surface area contributed by atoms with Gasteiger partial charge in [0.05, 0.1) is 12.3 Å². The SMILES string of the molecule is CCC(=O)c1ccc2c(c1)N(CC(=O)NCCOC)C(=O)C(C)O2. The summed E-state index contributed by atoms with van der Waals surface area (Å²) in [5.41, 5.74) is 0.936. The lowest BCUT2D eigenvalue weighted by Gasteiger charge is -2.32. The molecule has 1 aromatic carbocycles. The van der Waals surface area contributed by atoms with Crippen LogP contribution in [0.2, 0.25) is 0 Å². The normalized spacial score (nSPS) is 16.4. The second-order valence-corrected chi connectivity index (χ2v) is 5.49. The zero-order valence-corrected chi connectivity index (χ0v) is 14.1. The number of Topliss-reactive ketones (excluding diaryl/α,β-unsaturated/α-hetero) is 1. The van der Waals surface area contributed by atoms with Crippen molar-refractivity contribution in [2.75, 3.05) is 31.7 Å². The Morgan fingerprint density at radius 2 is 2.12 bits per heavy atom. The van der Waals surface area contributed by atoms with E-state index in [-0.39, 0.29) is 24.1 Å². The molecule has 0 saturated heterocycles. The van der Waals surface area contributed by atoms with E-state index in [1.54, 1.807) is 39.2 Å². The summed E-state index contributed by atoms with van der Waals surface area (Å²) in [6, 6.07) is 4.94. The first-order chi connectivity index (χ1) is 11.5. The number of carbonyl (C=O) groups excluding carboxylic acids is 3. The highest BCUT2D eigenvalue weighted by atomic mass is 16.5. The van der Waals surface area contributed by atoms with Crippen molar-refractivity contribution in [1.29, 1.82) is 0 Å². The Bertz CT molecular complexity index is 644. The maximum Gasteiger partial charge on any atom is 0.268 e. The van der Waals surface area contributed by atoms with Crippen molar-refractivity contribution in [1.82, 2.24) is 5.32 Å². The van der Waals surface area contributed by atoms with E-state index in [9.17, 15) is 14.4 Å². The third kappa shape index (κ3) is 3.91. The second kappa shape index (κ2) is 7.92. The van der Waals surface area contributed by atoms with Crippen molar-refractivity contribution in [2.45, 2.75) is 26.4 Å². The van der Waals surface area contributed by atoms with Crippen LogP contribution in [0.3, 0.4) is 0 Å². The molecule has 1 heterocycles. The van der Waals surface area contributed by atoms with Crippen molar-refractivity contribution >= 4 is 23.3 Å². The summed E-state index contributed by atoms with van der Waals surface area (Å²) in [6.07, 6.45) is -0.321. The number of nitrogens with zero attached hydrogens (tertiary/aromatic N) is 1. The fourth-order valence-corrected chi connectivity index (χ4v) is 2.44. The van der Waals surface area contributed by atoms with Gasteiger partial charge in [0.1, 0.15) is 12.3 Å². The Morgan fingerprint density at radius 3 is 2.79 bits per heavy atom. The van der Waals surface area contributed by atoms with E-state index in [1.807, 2.05) is 0 Å². The maximum absolute atomic E-state index is 12.4. The molecule has 0 radical (unpaired) electrons. The topological polar surface area (TPSA) is 84.9 Å². The highest BCUT2D eigenvalue weighted by Gasteiger charge is 2.33. The minimum Gasteiger partial charge on any atom is -0.479 e. The smallest absolute Gasteiger partial charge is 0.268 e. The molecule has 0 saturated carbocycles. The summed E-state index contributed by atoms with van der Waals surface area (Å²) in [5.74, 6) is -0.161. The summed E-state index contributed by atoms with van der Waals surface area (Å²) < 4.78 is 10.4. The minimum atomic E-state index is -0.683. The fourth-order valence-electron chi connectivity index (χ4n) is 2.44. The number of amides is 2. The highest BCUT2D eigenvalue weighted by Crippen LogP contribution is 2.35. The molecule has 7 heteroatoms. The monoisotopic (exact) mass is 334 g/mol. The van der Waals surface area contributed by atoms with Gasteiger partial charge in [-0.3, -0.25) is 19.3 Å². The zero-order chi connectivity index (χ0) is 17.7. The number of rotatable bonds is 7. The van der Waals surface area contributed by atoms with E-state index in [0.717, 1.165) is 0 Å². The number of hydrogen-bond donors (Lipinski definition) is 1. The van der Waals surface area contributed by atoms with Gasteiger partial charge in [-0.25, -0.2) is 0 Å². The van der Waals surface area contributed by atoms with E-state index in [0.29, 0.717) is 36.6 Å². The number of ether oxygens (including phenoxy) is 2. The van der Waals surface area contributed by atoms with Gasteiger partial charge in [0, 0.05) is 25.6 Å². The third-order valence-electron chi connectivity index (χ3n) is 3.74. The molecular weight excluding hydrogens is 312 g/mol. The van der Waals surface area contributed by atoms with Crippen LogP contribution in [0.15, 0.2) is 18.2 Å². The van der Waals surface area contributed by atoms with Gasteiger partial charge in [-0.15, -0.1) is 0 Å². The van der Waals surface area contributed by atoms with Gasteiger partial charge < -0.3 is 14.8 Å². The predicted molar refractivity (Wildman–Crippen MR) is 88.4 cm³/mol. The number of nitrogens with one attached hydrogen (secondary N) is 1. The molecule has 2 amide bonds. The lowest BCUT2D eigenvalue weighted by atomic mass is 10.1. The van der Waals surface area contributed by atoms with Crippen molar-refractivity contribution in [3.8, 4) is 5.75 Å². The molecule has 24 heavy (non-hydrogen) atoms. The van der Waals surface area contributed by atoms with Gasteiger partial charge in [0.25, 0.3) is 5.91 Å². The molecule has 0 bridgehead atoms. The van der Waals surface area contributed by atoms with E-state index < -0.39 is 6.10 Å². The maximum atomic E-state index is 12.4. The molecule has 0 aromatic heterocycles. The number of methoxy groups -OCH3 is 1. The highest BCUT2D eigenvalue weighted by molar-refractivity contribution is 6.05. The number of anilines is 1. The Hall–Kier alpha value is -2.41. The Kier molecular flexibility index (Phi) is 5.92. The number of ketones is 1. The molecule has 0 spiro atoms. The van der Waals surface area contributed by atoms with Crippen LogP contribution in [0.25, 0.3) is 0 Å². The van der Waals surface area contributed by atoms with Crippen LogP contribution in [-0.2, 0) is 14.3 Å². The second-order valence-electron chi connectivity index (χ2n) is 5.49. The van der Waals surface area contributed by atoms with Gasteiger partial charge in [-0.05, 0) is 25.1 Å². The first kappa shape index (κ1) is 17.9. The van der Waals surface area contributed by atoms with E-state index in [4.69, 9.17) is 9.47 Å². The minimum absolute atomic E-state index is 0.0339. The van der Waals surface area contributed by atoms with Crippen LogP contribution in [0.4, 0.5) is 5.69 Å². The molecule has 1 N–H and O–H groups in total. The van der Waals surface area contributed by atoms with Crippen LogP contribution in [0.1, 0.15) is 30.6 Å². The summed E-state index contributed by atoms with van der Waals surface area (Å²) in [4.78, 5) is 37.7. The summed E-state index contributed by atoms with van der Waals surface area (Å²) in [5, 5.41) is 2.68.